The number of nitrogens with zero attached hydrogens (tertiary/aromatic N) is 1. The van der Waals surface area contributed by atoms with Gasteiger partial charge in [0.05, 0.1) is 6.10 Å². The molecule has 16 heavy (non-hydrogen) atoms. The lowest BCUT2D eigenvalue weighted by atomic mass is 10.1. The van der Waals surface area contributed by atoms with Gasteiger partial charge in [0, 0.05) is 30.1 Å². The summed E-state index contributed by atoms with van der Waals surface area (Å²) in [6.07, 6.45) is 2.78. The Balaban J connectivity index is 2.18. The molecular formula is C13H19NO2. The van der Waals surface area contributed by atoms with E-state index in [-0.39, 0.29) is 11.5 Å². The molecule has 1 aromatic rings. The molecular weight excluding hydrogens is 202 g/mol. The topological polar surface area (TPSA) is 42.2 Å². The van der Waals surface area contributed by atoms with Gasteiger partial charge in [-0.1, -0.05) is 0 Å². The summed E-state index contributed by atoms with van der Waals surface area (Å²) >= 11 is 0. The highest BCUT2D eigenvalue weighted by molar-refractivity contribution is 5.12. The van der Waals surface area contributed by atoms with Crippen LogP contribution >= 0.6 is 0 Å². The first-order valence-corrected chi connectivity index (χ1v) is 5.92. The smallest absolute Gasteiger partial charge is 0.182 e. The molecule has 0 radical (unpaired) electrons. The van der Waals surface area contributed by atoms with E-state index in [1.54, 1.807) is 12.1 Å². The van der Waals surface area contributed by atoms with Crippen LogP contribution < -0.4 is 5.43 Å². The number of aliphatic hydroxyl groups is 1. The summed E-state index contributed by atoms with van der Waals surface area (Å²) in [6, 6.07) is 3.36. The lowest BCUT2D eigenvalue weighted by Crippen LogP contribution is -2.17. The van der Waals surface area contributed by atoms with Crippen LogP contribution in [-0.4, -0.2) is 15.8 Å². The zero-order valence-electron chi connectivity index (χ0n) is 9.94. The van der Waals surface area contributed by atoms with Crippen LogP contribution in [0, 0.1) is 19.8 Å². The zero-order chi connectivity index (χ0) is 11.7. The maximum Gasteiger partial charge on any atom is 0.182 e. The van der Waals surface area contributed by atoms with E-state index in [9.17, 15) is 9.90 Å². The number of hydrogen-bond acceptors (Lipinski definition) is 2. The van der Waals surface area contributed by atoms with Crippen molar-refractivity contribution >= 4 is 0 Å². The average molecular weight is 221 g/mol. The molecule has 1 saturated carbocycles. The Morgan fingerprint density at radius 3 is 2.44 bits per heavy atom. The van der Waals surface area contributed by atoms with E-state index in [1.165, 1.54) is 0 Å². The van der Waals surface area contributed by atoms with Crippen LogP contribution in [0.3, 0.4) is 0 Å². The van der Waals surface area contributed by atoms with Crippen LogP contribution in [0.2, 0.25) is 0 Å². The largest absolute Gasteiger partial charge is 0.393 e. The Morgan fingerprint density at radius 1 is 1.31 bits per heavy atom. The van der Waals surface area contributed by atoms with E-state index in [4.69, 9.17) is 0 Å². The van der Waals surface area contributed by atoms with Crippen molar-refractivity contribution in [3.05, 3.63) is 33.7 Å². The van der Waals surface area contributed by atoms with E-state index in [1.807, 2.05) is 13.8 Å². The van der Waals surface area contributed by atoms with Gasteiger partial charge in [-0.3, -0.25) is 4.79 Å². The maximum absolute atomic E-state index is 11.3. The van der Waals surface area contributed by atoms with Crippen molar-refractivity contribution in [1.29, 1.82) is 0 Å². The van der Waals surface area contributed by atoms with Gasteiger partial charge in [0.1, 0.15) is 0 Å². The highest BCUT2D eigenvalue weighted by atomic mass is 16.3. The molecule has 0 aromatic carbocycles. The van der Waals surface area contributed by atoms with Gasteiger partial charge in [0.2, 0.25) is 0 Å². The van der Waals surface area contributed by atoms with Crippen LogP contribution in [-0.2, 0) is 6.54 Å². The van der Waals surface area contributed by atoms with E-state index in [0.29, 0.717) is 5.92 Å². The minimum absolute atomic E-state index is 0.0812. The summed E-state index contributed by atoms with van der Waals surface area (Å²) in [6.45, 7) is 4.87. The van der Waals surface area contributed by atoms with Gasteiger partial charge in [0.15, 0.2) is 5.43 Å². The Bertz CT molecular complexity index is 410. The van der Waals surface area contributed by atoms with Crippen molar-refractivity contribution in [2.45, 2.75) is 45.8 Å². The molecule has 88 valence electrons. The fraction of sp³-hybridized carbons (Fsp3) is 0.615. The number of aryl methyl sites for hydroxylation is 2. The highest BCUT2D eigenvalue weighted by Crippen LogP contribution is 2.27. The molecule has 1 aliphatic carbocycles. The standard InChI is InChI=1S/C13H19NO2/c1-9-5-13(16)6-10(2)14(9)8-11-3-4-12(15)7-11/h5-6,11-12,15H,3-4,7-8H2,1-2H3. The predicted molar refractivity (Wildman–Crippen MR) is 63.5 cm³/mol. The number of pyridine rings is 1. The number of rotatable bonds is 2. The molecule has 2 unspecified atom stereocenters. The highest BCUT2D eigenvalue weighted by Gasteiger charge is 2.23. The zero-order valence-corrected chi connectivity index (χ0v) is 9.94. The normalized spacial score (nSPS) is 24.9. The summed E-state index contributed by atoms with van der Waals surface area (Å²) in [5, 5.41) is 9.50. The van der Waals surface area contributed by atoms with Crippen LogP contribution in [0.5, 0.6) is 0 Å². The van der Waals surface area contributed by atoms with Crippen molar-refractivity contribution in [3.8, 4) is 0 Å². The Morgan fingerprint density at radius 2 is 1.94 bits per heavy atom. The monoisotopic (exact) mass is 221 g/mol. The molecule has 2 atom stereocenters. The first-order valence-electron chi connectivity index (χ1n) is 5.92. The fourth-order valence-electron chi connectivity index (χ4n) is 2.65. The van der Waals surface area contributed by atoms with Crippen molar-refractivity contribution in [1.82, 2.24) is 4.57 Å². The van der Waals surface area contributed by atoms with Crippen LogP contribution in [0.15, 0.2) is 16.9 Å². The van der Waals surface area contributed by atoms with Crippen molar-refractivity contribution in [2.24, 2.45) is 5.92 Å². The summed E-state index contributed by atoms with van der Waals surface area (Å²) in [5.41, 5.74) is 2.12. The van der Waals surface area contributed by atoms with Crippen LogP contribution in [0.25, 0.3) is 0 Å². The van der Waals surface area contributed by atoms with E-state index >= 15 is 0 Å². The van der Waals surface area contributed by atoms with Gasteiger partial charge in [-0.15, -0.1) is 0 Å². The van der Waals surface area contributed by atoms with Gasteiger partial charge in [0.25, 0.3) is 0 Å². The first kappa shape index (κ1) is 11.4. The molecule has 0 aliphatic heterocycles. The molecule has 3 heteroatoms. The third kappa shape index (κ3) is 2.35. The number of aliphatic hydroxyl groups excluding tert-OH is 1. The summed E-state index contributed by atoms with van der Waals surface area (Å²) in [5.74, 6) is 0.551. The second-order valence-electron chi connectivity index (χ2n) is 4.92. The van der Waals surface area contributed by atoms with Gasteiger partial charge >= 0.3 is 0 Å². The van der Waals surface area contributed by atoms with Gasteiger partial charge in [-0.25, -0.2) is 0 Å². The van der Waals surface area contributed by atoms with Crippen molar-refractivity contribution < 1.29 is 5.11 Å². The lowest BCUT2D eigenvalue weighted by Gasteiger charge is -2.18. The molecule has 1 fully saturated rings. The second-order valence-corrected chi connectivity index (χ2v) is 4.92. The summed E-state index contributed by atoms with van der Waals surface area (Å²) in [7, 11) is 0. The SMILES string of the molecule is Cc1cc(=O)cc(C)n1CC1CCC(O)C1. The van der Waals surface area contributed by atoms with Crippen molar-refractivity contribution in [2.75, 3.05) is 0 Å². The Hall–Kier alpha value is -1.09. The molecule has 0 amide bonds. The molecule has 2 rings (SSSR count). The molecule has 0 saturated heterocycles. The van der Waals surface area contributed by atoms with Crippen LogP contribution in [0.4, 0.5) is 0 Å². The van der Waals surface area contributed by atoms with Gasteiger partial charge in [-0.05, 0) is 39.0 Å². The predicted octanol–water partition coefficient (Wildman–Crippen LogP) is 1.63. The number of hydrogen-bond donors (Lipinski definition) is 1. The molecule has 1 heterocycles. The van der Waals surface area contributed by atoms with Crippen molar-refractivity contribution in [3.63, 3.8) is 0 Å². The Labute approximate surface area is 95.7 Å². The van der Waals surface area contributed by atoms with Gasteiger partial charge < -0.3 is 9.67 Å². The summed E-state index contributed by atoms with van der Waals surface area (Å²) in [4.78, 5) is 11.3. The minimum Gasteiger partial charge on any atom is -0.393 e. The lowest BCUT2D eigenvalue weighted by molar-refractivity contribution is 0.176. The van der Waals surface area contributed by atoms with Crippen LogP contribution in [0.1, 0.15) is 30.7 Å². The van der Waals surface area contributed by atoms with E-state index in [2.05, 4.69) is 4.57 Å². The van der Waals surface area contributed by atoms with E-state index < -0.39 is 0 Å². The third-order valence-corrected chi connectivity index (χ3v) is 3.51. The fourth-order valence-corrected chi connectivity index (χ4v) is 2.65. The molecule has 1 N–H and O–H groups in total. The molecule has 3 nitrogen and oxygen atoms in total. The Kier molecular flexibility index (Phi) is 3.15. The first-order chi connectivity index (χ1) is 7.56. The molecule has 0 bridgehead atoms. The maximum atomic E-state index is 11.3. The van der Waals surface area contributed by atoms with Gasteiger partial charge in [-0.2, -0.15) is 0 Å². The summed E-state index contributed by atoms with van der Waals surface area (Å²) < 4.78 is 2.18. The minimum atomic E-state index is -0.120. The second kappa shape index (κ2) is 4.42. The molecule has 1 aromatic heterocycles. The average Bonchev–Trinajstić information content (AvgIpc) is 2.58. The third-order valence-electron chi connectivity index (χ3n) is 3.51. The van der Waals surface area contributed by atoms with E-state index in [0.717, 1.165) is 37.2 Å². The molecule has 0 spiro atoms. The molecule has 1 aliphatic rings. The quantitative estimate of drug-likeness (QED) is 0.824. The number of aromatic nitrogens is 1.